The summed E-state index contributed by atoms with van der Waals surface area (Å²) in [4.78, 5) is 11.4. The Balaban J connectivity index is 1.84. The summed E-state index contributed by atoms with van der Waals surface area (Å²) in [6.45, 7) is 6.25. The highest BCUT2D eigenvalue weighted by Crippen LogP contribution is 2.28. The summed E-state index contributed by atoms with van der Waals surface area (Å²) in [7, 11) is 0. The Morgan fingerprint density at radius 1 is 1.14 bits per heavy atom. The minimum Gasteiger partial charge on any atom is -0.367 e. The third-order valence-corrected chi connectivity index (χ3v) is 4.34. The molecule has 108 valence electrons. The van der Waals surface area contributed by atoms with Crippen molar-refractivity contribution in [3.8, 4) is 0 Å². The summed E-state index contributed by atoms with van der Waals surface area (Å²) in [5.41, 5.74) is 1.33. The number of fused-ring (bicyclic) bond motifs is 1. The summed E-state index contributed by atoms with van der Waals surface area (Å²) in [6, 6.07) is 13.0. The van der Waals surface area contributed by atoms with Gasteiger partial charge in [-0.05, 0) is 38.8 Å². The standard InChI is InChI=1S/C17H19N3S/c1-11(9-14-7-5-4-6-8-14)18-16-15-10-12(2)21-17(15)20-13(3)19-16/h4-8,10-11H,9H2,1-3H3,(H,18,19,20). The van der Waals surface area contributed by atoms with Crippen LogP contribution < -0.4 is 5.32 Å². The first-order valence-electron chi connectivity index (χ1n) is 7.17. The number of nitrogens with one attached hydrogen (secondary N) is 1. The molecule has 3 rings (SSSR count). The second kappa shape index (κ2) is 5.82. The van der Waals surface area contributed by atoms with Crippen molar-refractivity contribution in [2.45, 2.75) is 33.2 Å². The van der Waals surface area contributed by atoms with Crippen LogP contribution >= 0.6 is 11.3 Å². The molecule has 0 radical (unpaired) electrons. The van der Waals surface area contributed by atoms with Crippen molar-refractivity contribution in [1.29, 1.82) is 0 Å². The van der Waals surface area contributed by atoms with Gasteiger partial charge in [-0.3, -0.25) is 0 Å². The summed E-state index contributed by atoms with van der Waals surface area (Å²) in [6.07, 6.45) is 0.981. The highest BCUT2D eigenvalue weighted by molar-refractivity contribution is 7.18. The van der Waals surface area contributed by atoms with Crippen LogP contribution in [0.5, 0.6) is 0 Å². The highest BCUT2D eigenvalue weighted by atomic mass is 32.1. The summed E-state index contributed by atoms with van der Waals surface area (Å²) in [5, 5.41) is 4.67. The average Bonchev–Trinajstić information content (AvgIpc) is 2.80. The Morgan fingerprint density at radius 2 is 1.90 bits per heavy atom. The van der Waals surface area contributed by atoms with Gasteiger partial charge in [0.05, 0.1) is 5.39 Å². The minimum absolute atomic E-state index is 0.324. The van der Waals surface area contributed by atoms with Gasteiger partial charge in [0.2, 0.25) is 0 Å². The zero-order chi connectivity index (χ0) is 14.8. The van der Waals surface area contributed by atoms with Crippen molar-refractivity contribution in [2.24, 2.45) is 0 Å². The number of rotatable bonds is 4. The topological polar surface area (TPSA) is 37.8 Å². The summed E-state index contributed by atoms with van der Waals surface area (Å²) in [5.74, 6) is 1.77. The molecule has 1 aromatic carbocycles. The van der Waals surface area contributed by atoms with Gasteiger partial charge in [-0.1, -0.05) is 30.3 Å². The first-order chi connectivity index (χ1) is 10.1. The largest absolute Gasteiger partial charge is 0.367 e. The number of benzene rings is 1. The van der Waals surface area contributed by atoms with Crippen molar-refractivity contribution in [3.05, 3.63) is 52.7 Å². The van der Waals surface area contributed by atoms with Crippen LogP contribution in [-0.4, -0.2) is 16.0 Å². The maximum absolute atomic E-state index is 4.58. The van der Waals surface area contributed by atoms with Crippen LogP contribution in [0.2, 0.25) is 0 Å². The zero-order valence-corrected chi connectivity index (χ0v) is 13.4. The van der Waals surface area contributed by atoms with Gasteiger partial charge in [0, 0.05) is 10.9 Å². The van der Waals surface area contributed by atoms with Gasteiger partial charge in [0.25, 0.3) is 0 Å². The molecule has 0 saturated heterocycles. The Labute approximate surface area is 129 Å². The summed E-state index contributed by atoms with van der Waals surface area (Å²) >= 11 is 1.72. The van der Waals surface area contributed by atoms with E-state index < -0.39 is 0 Å². The molecule has 0 amide bonds. The SMILES string of the molecule is Cc1nc(NC(C)Cc2ccccc2)c2cc(C)sc2n1. The number of nitrogens with zero attached hydrogens (tertiary/aromatic N) is 2. The van der Waals surface area contributed by atoms with E-state index in [1.165, 1.54) is 10.4 Å². The molecule has 3 aromatic rings. The number of hydrogen-bond donors (Lipinski definition) is 1. The Kier molecular flexibility index (Phi) is 3.88. The second-order valence-electron chi connectivity index (χ2n) is 5.43. The second-order valence-corrected chi connectivity index (χ2v) is 6.67. The third kappa shape index (κ3) is 3.22. The van der Waals surface area contributed by atoms with Crippen molar-refractivity contribution in [1.82, 2.24) is 9.97 Å². The number of hydrogen-bond acceptors (Lipinski definition) is 4. The van der Waals surface area contributed by atoms with E-state index in [9.17, 15) is 0 Å². The molecule has 1 N–H and O–H groups in total. The molecule has 0 aliphatic carbocycles. The van der Waals surface area contributed by atoms with E-state index >= 15 is 0 Å². The predicted molar refractivity (Wildman–Crippen MR) is 90.1 cm³/mol. The Bertz CT molecular complexity index is 749. The van der Waals surface area contributed by atoms with Gasteiger partial charge in [0.1, 0.15) is 16.5 Å². The molecule has 2 heterocycles. The molecule has 0 fully saturated rings. The maximum atomic E-state index is 4.58. The molecule has 0 bridgehead atoms. The monoisotopic (exact) mass is 297 g/mol. The fourth-order valence-corrected chi connectivity index (χ4v) is 3.44. The Hall–Kier alpha value is -1.94. The van der Waals surface area contributed by atoms with E-state index in [0.29, 0.717) is 6.04 Å². The molecule has 3 nitrogen and oxygen atoms in total. The average molecular weight is 297 g/mol. The minimum atomic E-state index is 0.324. The quantitative estimate of drug-likeness (QED) is 0.778. The molecule has 2 aromatic heterocycles. The van der Waals surface area contributed by atoms with Crippen molar-refractivity contribution in [3.63, 3.8) is 0 Å². The van der Waals surface area contributed by atoms with E-state index in [1.807, 2.05) is 13.0 Å². The van der Waals surface area contributed by atoms with Gasteiger partial charge in [-0.15, -0.1) is 11.3 Å². The Morgan fingerprint density at radius 3 is 2.67 bits per heavy atom. The van der Waals surface area contributed by atoms with Gasteiger partial charge in [-0.25, -0.2) is 9.97 Å². The highest BCUT2D eigenvalue weighted by Gasteiger charge is 2.11. The lowest BCUT2D eigenvalue weighted by atomic mass is 10.1. The first kappa shape index (κ1) is 14.0. The lowest BCUT2D eigenvalue weighted by Gasteiger charge is -2.15. The van der Waals surface area contributed by atoms with Crippen LogP contribution in [0.3, 0.4) is 0 Å². The molecule has 1 unspecified atom stereocenters. The maximum Gasteiger partial charge on any atom is 0.138 e. The fraction of sp³-hybridized carbons (Fsp3) is 0.294. The molecule has 0 aliphatic rings. The summed E-state index contributed by atoms with van der Waals surface area (Å²) < 4.78 is 0. The fourth-order valence-electron chi connectivity index (χ4n) is 2.51. The van der Waals surface area contributed by atoms with Crippen LogP contribution in [0.1, 0.15) is 23.2 Å². The zero-order valence-electron chi connectivity index (χ0n) is 12.6. The van der Waals surface area contributed by atoms with Crippen LogP contribution in [0.25, 0.3) is 10.2 Å². The molecule has 0 aliphatic heterocycles. The van der Waals surface area contributed by atoms with E-state index in [-0.39, 0.29) is 0 Å². The van der Waals surface area contributed by atoms with Crippen molar-refractivity contribution >= 4 is 27.4 Å². The van der Waals surface area contributed by atoms with Crippen LogP contribution in [0.15, 0.2) is 36.4 Å². The molecule has 1 atom stereocenters. The number of aromatic nitrogens is 2. The molecule has 21 heavy (non-hydrogen) atoms. The van der Waals surface area contributed by atoms with Gasteiger partial charge in [0.15, 0.2) is 0 Å². The lowest BCUT2D eigenvalue weighted by molar-refractivity contribution is 0.784. The third-order valence-electron chi connectivity index (χ3n) is 3.40. The van der Waals surface area contributed by atoms with Gasteiger partial charge in [-0.2, -0.15) is 0 Å². The van der Waals surface area contributed by atoms with Crippen molar-refractivity contribution < 1.29 is 0 Å². The molecular weight excluding hydrogens is 278 g/mol. The molecule has 0 spiro atoms. The molecule has 0 saturated carbocycles. The van der Waals surface area contributed by atoms with E-state index in [1.54, 1.807) is 11.3 Å². The van der Waals surface area contributed by atoms with E-state index in [4.69, 9.17) is 0 Å². The van der Waals surface area contributed by atoms with Crippen LogP contribution in [-0.2, 0) is 6.42 Å². The molecular formula is C17H19N3S. The van der Waals surface area contributed by atoms with Gasteiger partial charge >= 0.3 is 0 Å². The van der Waals surface area contributed by atoms with Crippen LogP contribution in [0.4, 0.5) is 5.82 Å². The van der Waals surface area contributed by atoms with Gasteiger partial charge < -0.3 is 5.32 Å². The number of thiophene rings is 1. The van der Waals surface area contributed by atoms with E-state index in [0.717, 1.165) is 28.3 Å². The normalized spacial score (nSPS) is 12.5. The number of anilines is 1. The molecule has 4 heteroatoms. The first-order valence-corrected chi connectivity index (χ1v) is 7.99. The number of aryl methyl sites for hydroxylation is 2. The van der Waals surface area contributed by atoms with Crippen molar-refractivity contribution in [2.75, 3.05) is 5.32 Å². The lowest BCUT2D eigenvalue weighted by Crippen LogP contribution is -2.19. The van der Waals surface area contributed by atoms with Crippen LogP contribution in [0, 0.1) is 13.8 Å². The van der Waals surface area contributed by atoms with E-state index in [2.05, 4.69) is 59.5 Å². The predicted octanol–water partition coefficient (Wildman–Crippen LogP) is 4.35. The smallest absolute Gasteiger partial charge is 0.138 e.